The molecule has 1 aromatic carbocycles. The summed E-state index contributed by atoms with van der Waals surface area (Å²) in [5.74, 6) is 0. The molecule has 0 aliphatic carbocycles. The molecular weight excluding hydrogens is 294 g/mol. The number of hydrogen-bond donors (Lipinski definition) is 1. The Kier molecular flexibility index (Phi) is 3.99. The standard InChI is InChI=1S/C14H20BrNO2/c1-10-7-16(9-14(2,3)18-10)13-6-12(15)5-4-11(13)8-17/h4-6,10,17H,7-9H2,1-3H3. The summed E-state index contributed by atoms with van der Waals surface area (Å²) in [5.41, 5.74) is 1.89. The lowest BCUT2D eigenvalue weighted by Gasteiger charge is -2.43. The van der Waals surface area contributed by atoms with Crippen LogP contribution in [0, 0.1) is 0 Å². The van der Waals surface area contributed by atoms with Crippen LogP contribution in [0.4, 0.5) is 5.69 Å². The van der Waals surface area contributed by atoms with E-state index in [0.29, 0.717) is 0 Å². The summed E-state index contributed by atoms with van der Waals surface area (Å²) in [7, 11) is 0. The second-order valence-corrected chi connectivity index (χ2v) is 6.42. The minimum atomic E-state index is -0.160. The molecule has 0 spiro atoms. The topological polar surface area (TPSA) is 32.7 Å². The van der Waals surface area contributed by atoms with Crippen LogP contribution in [-0.4, -0.2) is 29.9 Å². The quantitative estimate of drug-likeness (QED) is 0.911. The molecule has 0 bridgehead atoms. The van der Waals surface area contributed by atoms with Crippen LogP contribution in [0.3, 0.4) is 0 Å². The minimum absolute atomic E-state index is 0.0643. The number of halogens is 1. The van der Waals surface area contributed by atoms with Crippen LogP contribution < -0.4 is 4.90 Å². The van der Waals surface area contributed by atoms with Crippen molar-refractivity contribution in [2.45, 2.75) is 39.1 Å². The molecule has 1 fully saturated rings. The van der Waals surface area contributed by atoms with Crippen molar-refractivity contribution >= 4 is 21.6 Å². The van der Waals surface area contributed by atoms with Crippen LogP contribution in [0.15, 0.2) is 22.7 Å². The first kappa shape index (κ1) is 13.8. The van der Waals surface area contributed by atoms with E-state index >= 15 is 0 Å². The molecule has 4 heteroatoms. The maximum Gasteiger partial charge on any atom is 0.0805 e. The van der Waals surface area contributed by atoms with Crippen LogP contribution in [-0.2, 0) is 11.3 Å². The first-order valence-corrected chi connectivity index (χ1v) is 7.02. The second kappa shape index (κ2) is 5.19. The molecule has 1 heterocycles. The number of benzene rings is 1. The van der Waals surface area contributed by atoms with Gasteiger partial charge in [-0.05, 0) is 32.9 Å². The number of hydrogen-bond acceptors (Lipinski definition) is 3. The normalized spacial score (nSPS) is 23.2. The maximum absolute atomic E-state index is 9.46. The Morgan fingerprint density at radius 3 is 2.83 bits per heavy atom. The molecule has 100 valence electrons. The zero-order valence-corrected chi connectivity index (χ0v) is 12.7. The SMILES string of the molecule is CC1CN(c2cc(Br)ccc2CO)CC(C)(C)O1. The largest absolute Gasteiger partial charge is 0.392 e. The van der Waals surface area contributed by atoms with Crippen molar-refractivity contribution in [2.24, 2.45) is 0 Å². The van der Waals surface area contributed by atoms with E-state index in [2.05, 4.69) is 47.7 Å². The Morgan fingerprint density at radius 2 is 2.22 bits per heavy atom. The zero-order chi connectivity index (χ0) is 13.3. The van der Waals surface area contributed by atoms with Gasteiger partial charge in [0.05, 0.1) is 18.3 Å². The van der Waals surface area contributed by atoms with Gasteiger partial charge in [0.25, 0.3) is 0 Å². The predicted molar refractivity (Wildman–Crippen MR) is 76.9 cm³/mol. The number of aliphatic hydroxyl groups excluding tert-OH is 1. The fourth-order valence-electron chi connectivity index (χ4n) is 2.60. The van der Waals surface area contributed by atoms with Gasteiger partial charge in [0.15, 0.2) is 0 Å². The van der Waals surface area contributed by atoms with Gasteiger partial charge in [0, 0.05) is 28.8 Å². The molecule has 1 atom stereocenters. The first-order valence-electron chi connectivity index (χ1n) is 6.23. The van der Waals surface area contributed by atoms with Crippen LogP contribution >= 0.6 is 15.9 Å². The summed E-state index contributed by atoms with van der Waals surface area (Å²) in [4.78, 5) is 2.30. The van der Waals surface area contributed by atoms with E-state index in [4.69, 9.17) is 4.74 Å². The second-order valence-electron chi connectivity index (χ2n) is 5.50. The molecule has 0 radical (unpaired) electrons. The molecule has 1 unspecified atom stereocenters. The maximum atomic E-state index is 9.46. The van der Waals surface area contributed by atoms with Crippen molar-refractivity contribution < 1.29 is 9.84 Å². The Hall–Kier alpha value is -0.580. The highest BCUT2D eigenvalue weighted by Gasteiger charge is 2.32. The van der Waals surface area contributed by atoms with E-state index in [1.807, 2.05) is 12.1 Å². The predicted octanol–water partition coefficient (Wildman–Crippen LogP) is 2.95. The molecule has 3 nitrogen and oxygen atoms in total. The van der Waals surface area contributed by atoms with Crippen molar-refractivity contribution in [3.8, 4) is 0 Å². The summed E-state index contributed by atoms with van der Waals surface area (Å²) >= 11 is 3.50. The molecule has 1 aliphatic rings. The van der Waals surface area contributed by atoms with Crippen molar-refractivity contribution in [3.63, 3.8) is 0 Å². The van der Waals surface area contributed by atoms with Crippen molar-refractivity contribution in [1.29, 1.82) is 0 Å². The van der Waals surface area contributed by atoms with E-state index in [0.717, 1.165) is 28.8 Å². The van der Waals surface area contributed by atoms with Gasteiger partial charge < -0.3 is 14.7 Å². The van der Waals surface area contributed by atoms with E-state index in [1.165, 1.54) is 0 Å². The lowest BCUT2D eigenvalue weighted by Crippen LogP contribution is -2.52. The van der Waals surface area contributed by atoms with E-state index < -0.39 is 0 Å². The van der Waals surface area contributed by atoms with Crippen molar-refractivity contribution in [3.05, 3.63) is 28.2 Å². The Bertz CT molecular complexity index is 434. The Balaban J connectivity index is 2.32. The van der Waals surface area contributed by atoms with Gasteiger partial charge >= 0.3 is 0 Å². The molecular formula is C14H20BrNO2. The number of aliphatic hydroxyl groups is 1. The van der Waals surface area contributed by atoms with Crippen LogP contribution in [0.2, 0.25) is 0 Å². The lowest BCUT2D eigenvalue weighted by atomic mass is 10.0. The number of nitrogens with zero attached hydrogens (tertiary/aromatic N) is 1. The number of rotatable bonds is 2. The van der Waals surface area contributed by atoms with E-state index in [1.54, 1.807) is 0 Å². The van der Waals surface area contributed by atoms with Crippen LogP contribution in [0.5, 0.6) is 0 Å². The van der Waals surface area contributed by atoms with Gasteiger partial charge in [-0.3, -0.25) is 0 Å². The third-order valence-electron chi connectivity index (χ3n) is 3.13. The van der Waals surface area contributed by atoms with Gasteiger partial charge in [-0.1, -0.05) is 22.0 Å². The number of ether oxygens (including phenoxy) is 1. The summed E-state index contributed by atoms with van der Waals surface area (Å²) in [6, 6.07) is 6.00. The first-order chi connectivity index (χ1) is 8.41. The van der Waals surface area contributed by atoms with Crippen molar-refractivity contribution in [1.82, 2.24) is 0 Å². The highest BCUT2D eigenvalue weighted by atomic mass is 79.9. The van der Waals surface area contributed by atoms with Crippen molar-refractivity contribution in [2.75, 3.05) is 18.0 Å². The monoisotopic (exact) mass is 313 g/mol. The Morgan fingerprint density at radius 1 is 1.50 bits per heavy atom. The molecule has 18 heavy (non-hydrogen) atoms. The van der Waals surface area contributed by atoms with Crippen LogP contribution in [0.25, 0.3) is 0 Å². The fraction of sp³-hybridized carbons (Fsp3) is 0.571. The third kappa shape index (κ3) is 3.05. The smallest absolute Gasteiger partial charge is 0.0805 e. The highest BCUT2D eigenvalue weighted by Crippen LogP contribution is 2.30. The summed E-state index contributed by atoms with van der Waals surface area (Å²) < 4.78 is 6.95. The van der Waals surface area contributed by atoms with Gasteiger partial charge in [0.2, 0.25) is 0 Å². The summed E-state index contributed by atoms with van der Waals surface area (Å²) in [5, 5.41) is 9.46. The molecule has 0 amide bonds. The number of anilines is 1. The molecule has 1 aromatic rings. The van der Waals surface area contributed by atoms with Gasteiger partial charge in [-0.2, -0.15) is 0 Å². The van der Waals surface area contributed by atoms with Gasteiger partial charge in [-0.15, -0.1) is 0 Å². The highest BCUT2D eigenvalue weighted by molar-refractivity contribution is 9.10. The number of morpholine rings is 1. The molecule has 0 saturated carbocycles. The zero-order valence-electron chi connectivity index (χ0n) is 11.1. The molecule has 1 N–H and O–H groups in total. The van der Waals surface area contributed by atoms with Crippen LogP contribution in [0.1, 0.15) is 26.3 Å². The third-order valence-corrected chi connectivity index (χ3v) is 3.62. The van der Waals surface area contributed by atoms with E-state index in [9.17, 15) is 5.11 Å². The lowest BCUT2D eigenvalue weighted by molar-refractivity contribution is -0.0750. The average Bonchev–Trinajstić information content (AvgIpc) is 2.26. The summed E-state index contributed by atoms with van der Waals surface area (Å²) in [6.45, 7) is 8.05. The minimum Gasteiger partial charge on any atom is -0.392 e. The molecule has 2 rings (SSSR count). The van der Waals surface area contributed by atoms with Gasteiger partial charge in [-0.25, -0.2) is 0 Å². The molecule has 0 aromatic heterocycles. The summed E-state index contributed by atoms with van der Waals surface area (Å²) in [6.07, 6.45) is 0.194. The molecule has 1 saturated heterocycles. The molecule has 1 aliphatic heterocycles. The van der Waals surface area contributed by atoms with Gasteiger partial charge in [0.1, 0.15) is 0 Å². The Labute approximate surface area is 117 Å². The van der Waals surface area contributed by atoms with E-state index in [-0.39, 0.29) is 18.3 Å². The average molecular weight is 314 g/mol. The fourth-order valence-corrected chi connectivity index (χ4v) is 2.95.